The van der Waals surface area contributed by atoms with Crippen molar-refractivity contribution in [3.63, 3.8) is 0 Å². The van der Waals surface area contributed by atoms with Gasteiger partial charge in [0.15, 0.2) is 0 Å². The summed E-state index contributed by atoms with van der Waals surface area (Å²) >= 11 is 1.92. The molecule has 0 saturated heterocycles. The molecule has 0 amide bonds. The van der Waals surface area contributed by atoms with Crippen LogP contribution in [-0.2, 0) is 13.0 Å². The van der Waals surface area contributed by atoms with Crippen LogP contribution in [0, 0.1) is 0 Å². The summed E-state index contributed by atoms with van der Waals surface area (Å²) in [6.45, 7) is 6.45. The molecule has 0 bridgehead atoms. The number of thioether (sulfide) groups is 1. The second kappa shape index (κ2) is 5.29. The van der Waals surface area contributed by atoms with Gasteiger partial charge in [-0.15, -0.1) is 11.8 Å². The maximum atomic E-state index is 4.36. The predicted molar refractivity (Wildman–Crippen MR) is 80.8 cm³/mol. The molecular formula is C15H19N3S. The number of anilines is 1. The van der Waals surface area contributed by atoms with Gasteiger partial charge in [-0.3, -0.25) is 0 Å². The SMILES string of the molecule is CC(C)Sc1cccc(N2CCc3nc[nH]c3C2)c1. The number of hydrogen-bond donors (Lipinski definition) is 1. The van der Waals surface area contributed by atoms with Gasteiger partial charge in [0, 0.05) is 28.8 Å². The first-order valence-electron chi connectivity index (χ1n) is 6.75. The second-order valence-electron chi connectivity index (χ2n) is 5.16. The Labute approximate surface area is 118 Å². The molecule has 2 aromatic rings. The number of aromatic nitrogens is 2. The molecule has 0 unspecified atom stereocenters. The summed E-state index contributed by atoms with van der Waals surface area (Å²) in [5, 5.41) is 0.621. The molecule has 0 atom stereocenters. The molecule has 1 aromatic carbocycles. The first kappa shape index (κ1) is 12.6. The largest absolute Gasteiger partial charge is 0.365 e. The first-order chi connectivity index (χ1) is 9.22. The quantitative estimate of drug-likeness (QED) is 0.869. The van der Waals surface area contributed by atoms with E-state index in [0.717, 1.165) is 19.5 Å². The Bertz CT molecular complexity index is 562. The van der Waals surface area contributed by atoms with Crippen LogP contribution in [0.25, 0.3) is 0 Å². The number of benzene rings is 1. The van der Waals surface area contributed by atoms with Crippen LogP contribution in [0.2, 0.25) is 0 Å². The zero-order chi connectivity index (χ0) is 13.2. The highest BCUT2D eigenvalue weighted by molar-refractivity contribution is 7.99. The lowest BCUT2D eigenvalue weighted by atomic mass is 10.1. The van der Waals surface area contributed by atoms with E-state index in [0.29, 0.717) is 5.25 Å². The fourth-order valence-corrected chi connectivity index (χ4v) is 3.35. The van der Waals surface area contributed by atoms with Crippen LogP contribution in [0.15, 0.2) is 35.5 Å². The minimum Gasteiger partial charge on any atom is -0.365 e. The molecular weight excluding hydrogens is 254 g/mol. The molecule has 2 heterocycles. The van der Waals surface area contributed by atoms with Crippen molar-refractivity contribution in [1.29, 1.82) is 0 Å². The van der Waals surface area contributed by atoms with E-state index in [1.54, 1.807) is 6.33 Å². The van der Waals surface area contributed by atoms with Crippen molar-refractivity contribution < 1.29 is 0 Å². The Morgan fingerprint density at radius 2 is 2.26 bits per heavy atom. The van der Waals surface area contributed by atoms with Gasteiger partial charge in [0.05, 0.1) is 24.3 Å². The lowest BCUT2D eigenvalue weighted by molar-refractivity contribution is 0.710. The molecule has 0 saturated carbocycles. The second-order valence-corrected chi connectivity index (χ2v) is 6.81. The minimum atomic E-state index is 0.621. The summed E-state index contributed by atoms with van der Waals surface area (Å²) in [6.07, 6.45) is 2.83. The maximum absolute atomic E-state index is 4.36. The fraction of sp³-hybridized carbons (Fsp3) is 0.400. The van der Waals surface area contributed by atoms with Crippen molar-refractivity contribution in [3.05, 3.63) is 42.0 Å². The molecule has 0 radical (unpaired) electrons. The van der Waals surface area contributed by atoms with E-state index in [1.165, 1.54) is 22.0 Å². The Hall–Kier alpha value is -1.42. The van der Waals surface area contributed by atoms with Crippen molar-refractivity contribution in [2.75, 3.05) is 11.4 Å². The van der Waals surface area contributed by atoms with E-state index in [1.807, 2.05) is 11.8 Å². The summed E-state index contributed by atoms with van der Waals surface area (Å²) in [6, 6.07) is 8.85. The van der Waals surface area contributed by atoms with Gasteiger partial charge in [-0.2, -0.15) is 0 Å². The van der Waals surface area contributed by atoms with E-state index >= 15 is 0 Å². The van der Waals surface area contributed by atoms with Gasteiger partial charge >= 0.3 is 0 Å². The maximum Gasteiger partial charge on any atom is 0.0925 e. The molecule has 19 heavy (non-hydrogen) atoms. The number of H-pyrrole nitrogens is 1. The number of nitrogens with zero attached hydrogens (tertiary/aromatic N) is 2. The molecule has 0 spiro atoms. The highest BCUT2D eigenvalue weighted by atomic mass is 32.2. The number of rotatable bonds is 3. The van der Waals surface area contributed by atoms with E-state index in [4.69, 9.17) is 0 Å². The Kier molecular flexibility index (Phi) is 3.51. The average Bonchev–Trinajstić information content (AvgIpc) is 2.85. The summed E-state index contributed by atoms with van der Waals surface area (Å²) in [7, 11) is 0. The molecule has 1 aliphatic heterocycles. The third kappa shape index (κ3) is 2.78. The molecule has 0 fully saturated rings. The zero-order valence-corrected chi connectivity index (χ0v) is 12.2. The average molecular weight is 273 g/mol. The Balaban J connectivity index is 1.80. The summed E-state index contributed by atoms with van der Waals surface area (Å²) in [5.74, 6) is 0. The van der Waals surface area contributed by atoms with Crippen LogP contribution in [0.4, 0.5) is 5.69 Å². The monoisotopic (exact) mass is 273 g/mol. The van der Waals surface area contributed by atoms with Crippen LogP contribution >= 0.6 is 11.8 Å². The zero-order valence-electron chi connectivity index (χ0n) is 11.4. The number of fused-ring (bicyclic) bond motifs is 1. The molecule has 0 aliphatic carbocycles. The molecule has 4 heteroatoms. The molecule has 1 aliphatic rings. The highest BCUT2D eigenvalue weighted by Crippen LogP contribution is 2.29. The van der Waals surface area contributed by atoms with Crippen molar-refractivity contribution in [2.45, 2.75) is 37.0 Å². The van der Waals surface area contributed by atoms with E-state index in [2.05, 4.69) is 53.0 Å². The van der Waals surface area contributed by atoms with Crippen LogP contribution < -0.4 is 4.90 Å². The number of hydrogen-bond acceptors (Lipinski definition) is 3. The molecule has 1 N–H and O–H groups in total. The van der Waals surface area contributed by atoms with Crippen LogP contribution in [0.3, 0.4) is 0 Å². The van der Waals surface area contributed by atoms with Gasteiger partial charge in [0.1, 0.15) is 0 Å². The highest BCUT2D eigenvalue weighted by Gasteiger charge is 2.18. The summed E-state index contributed by atoms with van der Waals surface area (Å²) in [5.41, 5.74) is 3.79. The Morgan fingerprint density at radius 3 is 3.11 bits per heavy atom. The van der Waals surface area contributed by atoms with Crippen LogP contribution in [0.5, 0.6) is 0 Å². The number of imidazole rings is 1. The van der Waals surface area contributed by atoms with Crippen molar-refractivity contribution in [1.82, 2.24) is 9.97 Å². The van der Waals surface area contributed by atoms with Gasteiger partial charge in [0.25, 0.3) is 0 Å². The van der Waals surface area contributed by atoms with E-state index in [9.17, 15) is 0 Å². The number of nitrogens with one attached hydrogen (secondary N) is 1. The van der Waals surface area contributed by atoms with Crippen molar-refractivity contribution in [2.24, 2.45) is 0 Å². The fourth-order valence-electron chi connectivity index (χ4n) is 2.46. The van der Waals surface area contributed by atoms with Crippen LogP contribution in [-0.4, -0.2) is 21.8 Å². The van der Waals surface area contributed by atoms with Gasteiger partial charge in [-0.05, 0) is 18.2 Å². The molecule has 100 valence electrons. The van der Waals surface area contributed by atoms with Gasteiger partial charge in [-0.25, -0.2) is 4.98 Å². The summed E-state index contributed by atoms with van der Waals surface area (Å²) < 4.78 is 0. The predicted octanol–water partition coefficient (Wildman–Crippen LogP) is 3.47. The summed E-state index contributed by atoms with van der Waals surface area (Å²) in [4.78, 5) is 11.4. The Morgan fingerprint density at radius 1 is 1.37 bits per heavy atom. The van der Waals surface area contributed by atoms with Gasteiger partial charge in [0.2, 0.25) is 0 Å². The van der Waals surface area contributed by atoms with E-state index in [-0.39, 0.29) is 0 Å². The van der Waals surface area contributed by atoms with Crippen molar-refractivity contribution in [3.8, 4) is 0 Å². The third-order valence-corrected chi connectivity index (χ3v) is 4.33. The minimum absolute atomic E-state index is 0.621. The first-order valence-corrected chi connectivity index (χ1v) is 7.63. The van der Waals surface area contributed by atoms with Crippen LogP contribution in [0.1, 0.15) is 25.2 Å². The smallest absolute Gasteiger partial charge is 0.0925 e. The number of aromatic amines is 1. The topological polar surface area (TPSA) is 31.9 Å². The molecule has 3 nitrogen and oxygen atoms in total. The molecule has 3 rings (SSSR count). The standard InChI is InChI=1S/C15H19N3S/c1-11(2)19-13-5-3-4-12(8-13)18-7-6-14-15(9-18)17-10-16-14/h3-5,8,10-11H,6-7,9H2,1-2H3,(H,16,17). The van der Waals surface area contributed by atoms with Crippen molar-refractivity contribution >= 4 is 17.4 Å². The molecule has 1 aromatic heterocycles. The van der Waals surface area contributed by atoms with Gasteiger partial charge in [-0.1, -0.05) is 19.9 Å². The normalized spacial score (nSPS) is 14.8. The third-order valence-electron chi connectivity index (χ3n) is 3.33. The lowest BCUT2D eigenvalue weighted by Gasteiger charge is -2.28. The van der Waals surface area contributed by atoms with E-state index < -0.39 is 0 Å². The van der Waals surface area contributed by atoms with Gasteiger partial charge < -0.3 is 9.88 Å². The lowest BCUT2D eigenvalue weighted by Crippen LogP contribution is -2.30.